The first-order chi connectivity index (χ1) is 21.3. The molecule has 14 heteroatoms. The Balaban J connectivity index is 1.94. The van der Waals surface area contributed by atoms with E-state index < -0.39 is 45.8 Å². The molecule has 0 saturated carbocycles. The van der Waals surface area contributed by atoms with Crippen LogP contribution in [0.1, 0.15) is 45.0 Å². The first-order valence-electron chi connectivity index (χ1n) is 11.8. The van der Waals surface area contributed by atoms with E-state index in [-0.39, 0.29) is 55.7 Å². The highest BCUT2D eigenvalue weighted by molar-refractivity contribution is 6.29. The standard InChI is InChI=1S/C30H4F2N12/c31-29-21(11-41-23(9-39)43-29)27-19(7-37)15-1-16-18(2-17(15)25(27)13(3-33)4-34)26(14(5-35)6-36)28(20(16)8-38)22-12-42-24(10-40)44-30(22)32/h1-2,11-12H. The summed E-state index contributed by atoms with van der Waals surface area (Å²) in [6.07, 6.45) is 1.83. The normalized spacial score (nSPS) is 12.3. The summed E-state index contributed by atoms with van der Waals surface area (Å²) in [6, 6.07) is 16.4. The molecule has 0 spiro atoms. The van der Waals surface area contributed by atoms with Crippen LogP contribution < -0.4 is 0 Å². The molecule has 0 radical (unpaired) electrons. The van der Waals surface area contributed by atoms with Crippen LogP contribution >= 0.6 is 0 Å². The summed E-state index contributed by atoms with van der Waals surface area (Å²) in [4.78, 5) is 14.4. The minimum Gasteiger partial charge on any atom is -0.227 e. The van der Waals surface area contributed by atoms with Crippen LogP contribution in [0.3, 0.4) is 0 Å². The van der Waals surface area contributed by atoms with Crippen molar-refractivity contribution in [1.82, 2.24) is 19.9 Å². The number of nitriles is 8. The number of hydrogen-bond acceptors (Lipinski definition) is 12. The second kappa shape index (κ2) is 10.6. The lowest BCUT2D eigenvalue weighted by atomic mass is 9.90. The molecule has 3 aromatic rings. The van der Waals surface area contributed by atoms with E-state index in [0.717, 1.165) is 12.4 Å². The molecule has 198 valence electrons. The average Bonchev–Trinajstić information content (AvgIpc) is 3.52. The summed E-state index contributed by atoms with van der Waals surface area (Å²) in [5.74, 6) is -3.48. The quantitative estimate of drug-likeness (QED) is 0.315. The third-order valence-electron chi connectivity index (χ3n) is 6.63. The fourth-order valence-electron chi connectivity index (χ4n) is 4.94. The molecule has 2 aromatic heterocycles. The van der Waals surface area contributed by atoms with Crippen LogP contribution in [-0.4, -0.2) is 19.9 Å². The maximum absolute atomic E-state index is 15.2. The SMILES string of the molecule is N#CC(C#N)=C1C(c2cnc(C#N)nc2F)=C(C#N)c2cc3c(cc21)C(=C(C#N)C#N)C(c1cnc(C#N)nc1F)=C3C#N. The molecule has 2 aliphatic rings. The average molecular weight is 570 g/mol. The van der Waals surface area contributed by atoms with Crippen molar-refractivity contribution in [1.29, 1.82) is 42.1 Å². The van der Waals surface area contributed by atoms with E-state index in [1.165, 1.54) is 12.1 Å². The van der Waals surface area contributed by atoms with E-state index in [1.54, 1.807) is 36.4 Å². The van der Waals surface area contributed by atoms with E-state index >= 15 is 8.78 Å². The van der Waals surface area contributed by atoms with Gasteiger partial charge in [0.2, 0.25) is 23.5 Å². The minimum absolute atomic E-state index is 0.0139. The van der Waals surface area contributed by atoms with E-state index in [1.807, 2.05) is 12.1 Å². The van der Waals surface area contributed by atoms with Crippen molar-refractivity contribution in [3.63, 3.8) is 0 Å². The van der Waals surface area contributed by atoms with Gasteiger partial charge in [-0.2, -0.15) is 60.8 Å². The molecule has 2 heterocycles. The molecule has 0 atom stereocenters. The Labute approximate surface area is 245 Å². The summed E-state index contributed by atoms with van der Waals surface area (Å²) in [5, 5.41) is 77.8. The van der Waals surface area contributed by atoms with Gasteiger partial charge in [0.05, 0.1) is 22.3 Å². The summed E-state index contributed by atoms with van der Waals surface area (Å²) in [5.41, 5.74) is -3.26. The highest BCUT2D eigenvalue weighted by Crippen LogP contribution is 2.54. The van der Waals surface area contributed by atoms with Crippen molar-refractivity contribution >= 4 is 33.4 Å². The Morgan fingerprint density at radius 3 is 1.16 bits per heavy atom. The lowest BCUT2D eigenvalue weighted by molar-refractivity contribution is 0.573. The molecule has 12 nitrogen and oxygen atoms in total. The van der Waals surface area contributed by atoms with Gasteiger partial charge in [-0.1, -0.05) is 0 Å². The molecule has 0 N–H and O–H groups in total. The summed E-state index contributed by atoms with van der Waals surface area (Å²) in [6.45, 7) is 0. The molecule has 0 unspecified atom stereocenters. The van der Waals surface area contributed by atoms with Gasteiger partial charge in [-0.05, 0) is 23.3 Å². The Morgan fingerprint density at radius 2 is 0.864 bits per heavy atom. The van der Waals surface area contributed by atoms with E-state index in [9.17, 15) is 31.6 Å². The summed E-state index contributed by atoms with van der Waals surface area (Å²) < 4.78 is 30.4. The van der Waals surface area contributed by atoms with Crippen molar-refractivity contribution in [3.05, 3.63) is 92.6 Å². The maximum atomic E-state index is 15.2. The number of allylic oxidation sites excluding steroid dienone is 8. The number of hydrogen-bond donors (Lipinski definition) is 0. The van der Waals surface area contributed by atoms with Gasteiger partial charge in [0.1, 0.15) is 59.7 Å². The number of rotatable bonds is 2. The zero-order valence-corrected chi connectivity index (χ0v) is 21.4. The number of halogens is 2. The van der Waals surface area contributed by atoms with Crippen molar-refractivity contribution in [3.8, 4) is 48.6 Å². The number of nitrogens with zero attached hydrogens (tertiary/aromatic N) is 12. The smallest absolute Gasteiger partial charge is 0.227 e. The zero-order valence-electron chi connectivity index (χ0n) is 21.4. The Hall–Kier alpha value is -7.88. The molecule has 5 rings (SSSR count). The topological polar surface area (TPSA) is 242 Å². The molecule has 0 amide bonds. The van der Waals surface area contributed by atoms with Crippen LogP contribution in [0.25, 0.3) is 33.4 Å². The van der Waals surface area contributed by atoms with Gasteiger partial charge in [0.25, 0.3) is 0 Å². The largest absolute Gasteiger partial charge is 0.234 e. The second-order valence-electron chi connectivity index (χ2n) is 8.63. The van der Waals surface area contributed by atoms with Crippen LogP contribution in [-0.2, 0) is 0 Å². The molecule has 1 aromatic carbocycles. The lowest BCUT2D eigenvalue weighted by Gasteiger charge is -2.11. The molecule has 2 aliphatic carbocycles. The number of fused-ring (bicyclic) bond motifs is 2. The third-order valence-corrected chi connectivity index (χ3v) is 6.63. The van der Waals surface area contributed by atoms with Crippen molar-refractivity contribution in [2.75, 3.05) is 0 Å². The molecular weight excluding hydrogens is 566 g/mol. The van der Waals surface area contributed by atoms with Gasteiger partial charge in [0.15, 0.2) is 0 Å². The molecule has 0 fully saturated rings. The maximum Gasteiger partial charge on any atom is 0.234 e. The highest BCUT2D eigenvalue weighted by Gasteiger charge is 2.38. The fourth-order valence-corrected chi connectivity index (χ4v) is 4.94. The summed E-state index contributed by atoms with van der Waals surface area (Å²) in [7, 11) is 0. The van der Waals surface area contributed by atoms with Gasteiger partial charge in [-0.3, -0.25) is 0 Å². The van der Waals surface area contributed by atoms with E-state index in [4.69, 9.17) is 10.5 Å². The van der Waals surface area contributed by atoms with E-state index in [0.29, 0.717) is 0 Å². The molecule has 0 saturated heterocycles. The molecule has 0 bridgehead atoms. The van der Waals surface area contributed by atoms with Gasteiger partial charge < -0.3 is 0 Å². The Kier molecular flexibility index (Phi) is 6.66. The van der Waals surface area contributed by atoms with E-state index in [2.05, 4.69) is 19.9 Å². The first-order valence-corrected chi connectivity index (χ1v) is 11.8. The first kappa shape index (κ1) is 27.7. The van der Waals surface area contributed by atoms with Gasteiger partial charge in [-0.15, -0.1) is 0 Å². The lowest BCUT2D eigenvalue weighted by Crippen LogP contribution is -2.01. The van der Waals surface area contributed by atoms with Crippen molar-refractivity contribution < 1.29 is 8.78 Å². The number of benzene rings is 1. The summed E-state index contributed by atoms with van der Waals surface area (Å²) >= 11 is 0. The molecular formula is C30H4F2N12. The second-order valence-corrected chi connectivity index (χ2v) is 8.63. The van der Waals surface area contributed by atoms with Crippen molar-refractivity contribution in [2.45, 2.75) is 0 Å². The Bertz CT molecular complexity index is 2190. The molecule has 0 aliphatic heterocycles. The fraction of sp³-hybridized carbons (Fsp3) is 0. The van der Waals surface area contributed by atoms with Crippen molar-refractivity contribution in [2.24, 2.45) is 0 Å². The number of aromatic nitrogens is 4. The third kappa shape index (κ3) is 3.89. The van der Waals surface area contributed by atoms with Gasteiger partial charge >= 0.3 is 0 Å². The minimum atomic E-state index is -1.22. The predicted octanol–water partition coefficient (Wildman–Crippen LogP) is 3.79. The zero-order chi connectivity index (χ0) is 31.7. The van der Waals surface area contributed by atoms with Crippen LogP contribution in [0.5, 0.6) is 0 Å². The van der Waals surface area contributed by atoms with Gasteiger partial charge in [-0.25, -0.2) is 9.97 Å². The highest BCUT2D eigenvalue weighted by atomic mass is 19.1. The monoisotopic (exact) mass is 570 g/mol. The predicted molar refractivity (Wildman–Crippen MR) is 141 cm³/mol. The Morgan fingerprint density at radius 1 is 0.500 bits per heavy atom. The van der Waals surface area contributed by atoms with Crippen LogP contribution in [0.15, 0.2) is 35.7 Å². The van der Waals surface area contributed by atoms with Crippen LogP contribution in [0.4, 0.5) is 8.78 Å². The molecule has 44 heavy (non-hydrogen) atoms. The van der Waals surface area contributed by atoms with Gasteiger partial charge in [0, 0.05) is 45.8 Å². The van der Waals surface area contributed by atoms with Crippen LogP contribution in [0.2, 0.25) is 0 Å². The van der Waals surface area contributed by atoms with Crippen LogP contribution in [0, 0.1) is 103 Å².